The van der Waals surface area contributed by atoms with Gasteiger partial charge in [0, 0.05) is 25.6 Å². The number of aryl methyl sites for hydroxylation is 1. The van der Waals surface area contributed by atoms with Gasteiger partial charge in [0.05, 0.1) is 0 Å². The average Bonchev–Trinajstić information content (AvgIpc) is 2.30. The lowest BCUT2D eigenvalue weighted by Crippen LogP contribution is -2.50. The van der Waals surface area contributed by atoms with Crippen molar-refractivity contribution in [3.63, 3.8) is 0 Å². The van der Waals surface area contributed by atoms with Crippen LogP contribution in [0, 0.1) is 6.92 Å². The number of carbonyl (C=O) groups excluding carboxylic acids is 1. The summed E-state index contributed by atoms with van der Waals surface area (Å²) in [6.45, 7) is 2.72. The Morgan fingerprint density at radius 2 is 1.94 bits per heavy atom. The predicted octanol–water partition coefficient (Wildman–Crippen LogP) is 2.22. The van der Waals surface area contributed by atoms with Gasteiger partial charge in [-0.15, -0.1) is 0 Å². The smallest absolute Gasteiger partial charge is 0.224 e. The van der Waals surface area contributed by atoms with Crippen molar-refractivity contribution in [2.75, 3.05) is 7.05 Å². The maximum absolute atomic E-state index is 12.1. The third-order valence-corrected chi connectivity index (χ3v) is 3.82. The first-order valence-corrected chi connectivity index (χ1v) is 6.57. The van der Waals surface area contributed by atoms with Crippen LogP contribution >= 0.6 is 0 Å². The van der Waals surface area contributed by atoms with E-state index in [0.717, 1.165) is 24.8 Å². The molecule has 0 saturated heterocycles. The summed E-state index contributed by atoms with van der Waals surface area (Å²) >= 11 is 0. The third kappa shape index (κ3) is 3.10. The standard InChI is InChI=1S/C15H22N2O/c1-12-4-6-13(7-5-12)11-17(2)14(18)10-15(16)8-3-9-15/h4-7H,3,8-11,16H2,1-2H3. The molecule has 3 nitrogen and oxygen atoms in total. The molecule has 0 aliphatic heterocycles. The highest BCUT2D eigenvalue weighted by Crippen LogP contribution is 2.32. The summed E-state index contributed by atoms with van der Waals surface area (Å²) in [6, 6.07) is 8.29. The van der Waals surface area contributed by atoms with Gasteiger partial charge >= 0.3 is 0 Å². The molecule has 1 aliphatic rings. The van der Waals surface area contributed by atoms with Crippen LogP contribution in [0.15, 0.2) is 24.3 Å². The Hall–Kier alpha value is -1.35. The maximum atomic E-state index is 12.1. The van der Waals surface area contributed by atoms with Crippen molar-refractivity contribution < 1.29 is 4.79 Å². The molecule has 3 heteroatoms. The van der Waals surface area contributed by atoms with Crippen molar-refractivity contribution in [1.29, 1.82) is 0 Å². The van der Waals surface area contributed by atoms with Crippen molar-refractivity contribution in [2.24, 2.45) is 5.73 Å². The Morgan fingerprint density at radius 1 is 1.33 bits per heavy atom. The highest BCUT2D eigenvalue weighted by molar-refractivity contribution is 5.77. The molecule has 2 N–H and O–H groups in total. The van der Waals surface area contributed by atoms with Crippen LogP contribution in [0.3, 0.4) is 0 Å². The van der Waals surface area contributed by atoms with Crippen molar-refractivity contribution >= 4 is 5.91 Å². The largest absolute Gasteiger partial charge is 0.341 e. The lowest BCUT2D eigenvalue weighted by molar-refractivity contribution is -0.132. The zero-order valence-electron chi connectivity index (χ0n) is 11.3. The first-order valence-electron chi connectivity index (χ1n) is 6.57. The Kier molecular flexibility index (Phi) is 3.71. The molecule has 1 fully saturated rings. The molecule has 1 aliphatic carbocycles. The first kappa shape index (κ1) is 13.1. The average molecular weight is 246 g/mol. The van der Waals surface area contributed by atoms with Crippen LogP contribution in [0.25, 0.3) is 0 Å². The molecule has 1 amide bonds. The molecular weight excluding hydrogens is 224 g/mol. The number of amides is 1. The zero-order chi connectivity index (χ0) is 13.2. The Morgan fingerprint density at radius 3 is 2.44 bits per heavy atom. The summed E-state index contributed by atoms with van der Waals surface area (Å²) in [5.41, 5.74) is 8.29. The summed E-state index contributed by atoms with van der Waals surface area (Å²) in [4.78, 5) is 13.8. The van der Waals surface area contributed by atoms with Crippen molar-refractivity contribution in [3.8, 4) is 0 Å². The minimum Gasteiger partial charge on any atom is -0.341 e. The van der Waals surface area contributed by atoms with E-state index < -0.39 is 0 Å². The first-order chi connectivity index (χ1) is 8.48. The lowest BCUT2D eigenvalue weighted by Gasteiger charge is -2.38. The fourth-order valence-corrected chi connectivity index (χ4v) is 2.30. The Bertz CT molecular complexity index is 421. The van der Waals surface area contributed by atoms with Crippen LogP contribution in [-0.4, -0.2) is 23.4 Å². The molecule has 0 atom stereocenters. The maximum Gasteiger partial charge on any atom is 0.224 e. The van der Waals surface area contributed by atoms with E-state index in [9.17, 15) is 4.79 Å². The molecule has 1 aromatic carbocycles. The van der Waals surface area contributed by atoms with E-state index in [1.165, 1.54) is 5.56 Å². The summed E-state index contributed by atoms with van der Waals surface area (Å²) < 4.78 is 0. The second-order valence-electron chi connectivity index (χ2n) is 5.63. The van der Waals surface area contributed by atoms with Gasteiger partial charge in [0.15, 0.2) is 0 Å². The van der Waals surface area contributed by atoms with E-state index in [1.54, 1.807) is 4.90 Å². The number of nitrogens with zero attached hydrogens (tertiary/aromatic N) is 1. The number of benzene rings is 1. The van der Waals surface area contributed by atoms with Crippen LogP contribution in [0.2, 0.25) is 0 Å². The van der Waals surface area contributed by atoms with E-state index in [4.69, 9.17) is 5.73 Å². The molecule has 1 saturated carbocycles. The molecule has 0 unspecified atom stereocenters. The molecule has 0 radical (unpaired) electrons. The summed E-state index contributed by atoms with van der Waals surface area (Å²) in [7, 11) is 1.85. The zero-order valence-corrected chi connectivity index (χ0v) is 11.3. The molecule has 0 heterocycles. The summed E-state index contributed by atoms with van der Waals surface area (Å²) in [6.07, 6.45) is 3.61. The van der Waals surface area contributed by atoms with E-state index in [2.05, 4.69) is 31.2 Å². The van der Waals surface area contributed by atoms with Gasteiger partial charge in [-0.3, -0.25) is 4.79 Å². The van der Waals surface area contributed by atoms with E-state index in [1.807, 2.05) is 7.05 Å². The fourth-order valence-electron chi connectivity index (χ4n) is 2.30. The quantitative estimate of drug-likeness (QED) is 0.885. The SMILES string of the molecule is Cc1ccc(CN(C)C(=O)CC2(N)CCC2)cc1. The van der Waals surface area contributed by atoms with Crippen LogP contribution in [0.5, 0.6) is 0 Å². The molecule has 98 valence electrons. The van der Waals surface area contributed by atoms with E-state index in [-0.39, 0.29) is 11.4 Å². The minimum absolute atomic E-state index is 0.151. The summed E-state index contributed by atoms with van der Waals surface area (Å²) in [5.74, 6) is 0.151. The number of hydrogen-bond donors (Lipinski definition) is 1. The van der Waals surface area contributed by atoms with Crippen LogP contribution in [0.4, 0.5) is 0 Å². The van der Waals surface area contributed by atoms with Gasteiger partial charge in [-0.1, -0.05) is 29.8 Å². The van der Waals surface area contributed by atoms with Crippen LogP contribution in [-0.2, 0) is 11.3 Å². The highest BCUT2D eigenvalue weighted by atomic mass is 16.2. The second-order valence-corrected chi connectivity index (χ2v) is 5.63. The van der Waals surface area contributed by atoms with Crippen molar-refractivity contribution in [1.82, 2.24) is 4.90 Å². The molecule has 0 spiro atoms. The van der Waals surface area contributed by atoms with E-state index >= 15 is 0 Å². The molecule has 1 aromatic rings. The molecule has 0 aromatic heterocycles. The van der Waals surface area contributed by atoms with Gasteiger partial charge < -0.3 is 10.6 Å². The molecule has 18 heavy (non-hydrogen) atoms. The predicted molar refractivity (Wildman–Crippen MR) is 73.0 cm³/mol. The van der Waals surface area contributed by atoms with Gasteiger partial charge in [0.2, 0.25) is 5.91 Å². The van der Waals surface area contributed by atoms with Crippen LogP contribution in [0.1, 0.15) is 36.8 Å². The minimum atomic E-state index is -0.224. The van der Waals surface area contributed by atoms with Gasteiger partial charge in [-0.25, -0.2) is 0 Å². The topological polar surface area (TPSA) is 46.3 Å². The Balaban J connectivity index is 1.88. The van der Waals surface area contributed by atoms with Crippen molar-refractivity contribution in [2.45, 2.75) is 44.7 Å². The third-order valence-electron chi connectivity index (χ3n) is 3.82. The molecule has 0 bridgehead atoms. The summed E-state index contributed by atoms with van der Waals surface area (Å²) in [5, 5.41) is 0. The number of nitrogens with two attached hydrogens (primary N) is 1. The van der Waals surface area contributed by atoms with Gasteiger partial charge in [-0.2, -0.15) is 0 Å². The van der Waals surface area contributed by atoms with Crippen LogP contribution < -0.4 is 5.73 Å². The monoisotopic (exact) mass is 246 g/mol. The highest BCUT2D eigenvalue weighted by Gasteiger charge is 2.35. The van der Waals surface area contributed by atoms with Gasteiger partial charge in [0.1, 0.15) is 0 Å². The molecule has 2 rings (SSSR count). The number of rotatable bonds is 4. The molecular formula is C15H22N2O. The Labute approximate surface area is 109 Å². The van der Waals surface area contributed by atoms with Gasteiger partial charge in [-0.05, 0) is 31.7 Å². The fraction of sp³-hybridized carbons (Fsp3) is 0.533. The van der Waals surface area contributed by atoms with Gasteiger partial charge in [0.25, 0.3) is 0 Å². The van der Waals surface area contributed by atoms with E-state index in [0.29, 0.717) is 13.0 Å². The normalized spacial score (nSPS) is 17.1. The number of hydrogen-bond acceptors (Lipinski definition) is 2. The number of carbonyl (C=O) groups is 1. The second kappa shape index (κ2) is 5.11. The van der Waals surface area contributed by atoms with Crippen molar-refractivity contribution in [3.05, 3.63) is 35.4 Å². The lowest BCUT2D eigenvalue weighted by atomic mass is 9.75.